The number of alkyl halides is 2. The largest absolute Gasteiger partial charge is 0.452 e. The molecule has 33 heavy (non-hydrogen) atoms. The molecule has 0 saturated carbocycles. The second-order valence-electron chi connectivity index (χ2n) is 8.21. The number of fused-ring (bicyclic) bond motifs is 4. The van der Waals surface area contributed by atoms with Crippen LogP contribution in [0.15, 0.2) is 65.1 Å². The molecule has 1 saturated heterocycles. The molecule has 1 aliphatic rings. The van der Waals surface area contributed by atoms with Gasteiger partial charge in [0.25, 0.3) is 0 Å². The van der Waals surface area contributed by atoms with E-state index in [1.165, 1.54) is 6.07 Å². The number of hydrogen-bond acceptors (Lipinski definition) is 4. The Hall–Kier alpha value is -3.94. The lowest BCUT2D eigenvalue weighted by Crippen LogP contribution is -2.25. The van der Waals surface area contributed by atoms with Gasteiger partial charge in [-0.1, -0.05) is 36.4 Å². The van der Waals surface area contributed by atoms with Crippen molar-refractivity contribution in [3.63, 3.8) is 0 Å². The summed E-state index contributed by atoms with van der Waals surface area (Å²) in [6.07, 6.45) is 0.323. The van der Waals surface area contributed by atoms with Crippen LogP contribution in [0.3, 0.4) is 0 Å². The van der Waals surface area contributed by atoms with Crippen LogP contribution in [0.5, 0.6) is 5.75 Å². The Kier molecular flexibility index (Phi) is 4.53. The van der Waals surface area contributed by atoms with E-state index >= 15 is 0 Å². The Bertz CT molecular complexity index is 1470. The summed E-state index contributed by atoms with van der Waals surface area (Å²) < 4.78 is 36.5. The van der Waals surface area contributed by atoms with Crippen molar-refractivity contribution < 1.29 is 22.7 Å². The monoisotopic (exact) mass is 447 g/mol. The van der Waals surface area contributed by atoms with E-state index in [9.17, 15) is 13.6 Å². The first kappa shape index (κ1) is 19.7. The van der Waals surface area contributed by atoms with Crippen LogP contribution >= 0.6 is 0 Å². The summed E-state index contributed by atoms with van der Waals surface area (Å²) >= 11 is 0. The second kappa shape index (κ2) is 7.58. The highest BCUT2D eigenvalue weighted by Crippen LogP contribution is 2.42. The van der Waals surface area contributed by atoms with Crippen LogP contribution in [-0.2, 0) is 11.3 Å². The number of aromatic nitrogens is 2. The highest BCUT2D eigenvalue weighted by molar-refractivity contribution is 6.09. The SMILES string of the molecule is O=C1CC(c2ccc(OC(F)F)c3oc4ccccc4c23)CN1Cc1nc2ccccc2[nH]1. The van der Waals surface area contributed by atoms with Crippen molar-refractivity contribution >= 4 is 38.9 Å². The first-order valence-electron chi connectivity index (χ1n) is 10.7. The molecule has 6 rings (SSSR count). The fourth-order valence-corrected chi connectivity index (χ4v) is 4.75. The minimum Gasteiger partial charge on any atom is -0.452 e. The summed E-state index contributed by atoms with van der Waals surface area (Å²) in [5.74, 6) is 0.633. The minimum absolute atomic E-state index is 0.0107. The van der Waals surface area contributed by atoms with E-state index in [4.69, 9.17) is 9.15 Å². The van der Waals surface area contributed by atoms with Gasteiger partial charge in [0.2, 0.25) is 5.91 Å². The highest BCUT2D eigenvalue weighted by atomic mass is 19.3. The number of H-pyrrole nitrogens is 1. The molecule has 0 bridgehead atoms. The lowest BCUT2D eigenvalue weighted by molar-refractivity contribution is -0.128. The summed E-state index contributed by atoms with van der Waals surface area (Å²) in [5, 5.41) is 1.53. The first-order chi connectivity index (χ1) is 16.1. The van der Waals surface area contributed by atoms with Gasteiger partial charge in [-0.2, -0.15) is 8.78 Å². The maximum atomic E-state index is 13.0. The van der Waals surface area contributed by atoms with Crippen LogP contribution < -0.4 is 4.74 Å². The second-order valence-corrected chi connectivity index (χ2v) is 8.21. The van der Waals surface area contributed by atoms with Gasteiger partial charge in [0.15, 0.2) is 11.3 Å². The van der Waals surface area contributed by atoms with Gasteiger partial charge < -0.3 is 19.0 Å². The fraction of sp³-hybridized carbons (Fsp3) is 0.200. The molecule has 0 radical (unpaired) electrons. The average Bonchev–Trinajstić information content (AvgIpc) is 3.49. The van der Waals surface area contributed by atoms with Crippen molar-refractivity contribution in [1.82, 2.24) is 14.9 Å². The molecule has 0 aliphatic carbocycles. The number of carbonyl (C=O) groups excluding carboxylic acids is 1. The third-order valence-electron chi connectivity index (χ3n) is 6.17. The fourth-order valence-electron chi connectivity index (χ4n) is 4.75. The van der Waals surface area contributed by atoms with Gasteiger partial charge in [-0.3, -0.25) is 4.79 Å². The van der Waals surface area contributed by atoms with Gasteiger partial charge >= 0.3 is 6.61 Å². The Morgan fingerprint density at radius 3 is 2.79 bits per heavy atom. The summed E-state index contributed by atoms with van der Waals surface area (Å²) in [5.41, 5.74) is 3.53. The molecular weight excluding hydrogens is 428 g/mol. The number of para-hydroxylation sites is 3. The Morgan fingerprint density at radius 1 is 1.12 bits per heavy atom. The molecular formula is C25H19F2N3O3. The Morgan fingerprint density at radius 2 is 1.94 bits per heavy atom. The Labute approximate surface area is 186 Å². The van der Waals surface area contributed by atoms with E-state index in [-0.39, 0.29) is 23.2 Å². The molecule has 6 nitrogen and oxygen atoms in total. The molecule has 0 spiro atoms. The van der Waals surface area contributed by atoms with E-state index in [1.54, 1.807) is 17.0 Å². The number of rotatable bonds is 5. The maximum Gasteiger partial charge on any atom is 0.387 e. The number of aromatic amines is 1. The molecule has 3 heterocycles. The Balaban J connectivity index is 1.36. The van der Waals surface area contributed by atoms with Crippen LogP contribution in [0.1, 0.15) is 23.7 Å². The smallest absolute Gasteiger partial charge is 0.387 e. The van der Waals surface area contributed by atoms with Gasteiger partial charge in [0.05, 0.1) is 17.6 Å². The zero-order valence-electron chi connectivity index (χ0n) is 17.4. The van der Waals surface area contributed by atoms with Crippen molar-refractivity contribution in [3.05, 3.63) is 72.1 Å². The van der Waals surface area contributed by atoms with E-state index in [1.807, 2.05) is 42.5 Å². The van der Waals surface area contributed by atoms with Crippen molar-refractivity contribution in [3.8, 4) is 5.75 Å². The predicted molar refractivity (Wildman–Crippen MR) is 119 cm³/mol. The zero-order chi connectivity index (χ0) is 22.5. The summed E-state index contributed by atoms with van der Waals surface area (Å²) in [6, 6.07) is 18.4. The molecule has 1 N–H and O–H groups in total. The molecule has 2 aromatic heterocycles. The summed E-state index contributed by atoms with van der Waals surface area (Å²) in [6.45, 7) is -2.08. The van der Waals surface area contributed by atoms with E-state index < -0.39 is 6.61 Å². The predicted octanol–water partition coefficient (Wildman–Crippen LogP) is 5.58. The number of likely N-dealkylation sites (tertiary alicyclic amines) is 1. The molecule has 5 aromatic rings. The van der Waals surface area contributed by atoms with Crippen LogP contribution in [-0.4, -0.2) is 33.9 Å². The third kappa shape index (κ3) is 3.38. The lowest BCUT2D eigenvalue weighted by Gasteiger charge is -2.16. The van der Waals surface area contributed by atoms with E-state index in [0.29, 0.717) is 30.5 Å². The van der Waals surface area contributed by atoms with Crippen molar-refractivity contribution in [2.45, 2.75) is 25.5 Å². The number of ether oxygens (including phenoxy) is 1. The topological polar surface area (TPSA) is 71.4 Å². The first-order valence-corrected chi connectivity index (χ1v) is 10.7. The number of nitrogens with zero attached hydrogens (tertiary/aromatic N) is 2. The number of imidazole rings is 1. The van der Waals surface area contributed by atoms with Crippen molar-refractivity contribution in [2.75, 3.05) is 6.54 Å². The zero-order valence-corrected chi connectivity index (χ0v) is 17.4. The normalized spacial score (nSPS) is 16.6. The number of nitrogens with one attached hydrogen (secondary N) is 1. The molecule has 166 valence electrons. The lowest BCUT2D eigenvalue weighted by atomic mass is 9.93. The average molecular weight is 447 g/mol. The van der Waals surface area contributed by atoms with Crippen LogP contribution in [0.4, 0.5) is 8.78 Å². The molecule has 8 heteroatoms. The number of halogens is 2. The van der Waals surface area contributed by atoms with Crippen molar-refractivity contribution in [2.24, 2.45) is 0 Å². The number of furan rings is 1. The molecule has 1 aliphatic heterocycles. The standard InChI is InChI=1S/C25H19F2N3O3/c26-25(27)33-20-10-9-15(23-16-5-1-4-8-19(16)32-24(20)23)14-11-22(31)30(12-14)13-21-28-17-6-2-3-7-18(17)29-21/h1-10,14,25H,11-13H2,(H,28,29). The summed E-state index contributed by atoms with van der Waals surface area (Å²) in [7, 11) is 0. The molecule has 1 fully saturated rings. The molecule has 1 atom stereocenters. The molecule has 3 aromatic carbocycles. The van der Waals surface area contributed by atoms with Crippen LogP contribution in [0.25, 0.3) is 33.0 Å². The van der Waals surface area contributed by atoms with Gasteiger partial charge in [-0.25, -0.2) is 4.98 Å². The van der Waals surface area contributed by atoms with Gasteiger partial charge in [-0.15, -0.1) is 0 Å². The van der Waals surface area contributed by atoms with E-state index in [0.717, 1.165) is 27.8 Å². The number of benzene rings is 3. The van der Waals surface area contributed by atoms with Gasteiger partial charge in [0.1, 0.15) is 11.4 Å². The highest BCUT2D eigenvalue weighted by Gasteiger charge is 2.33. The molecule has 1 unspecified atom stereocenters. The number of amides is 1. The van der Waals surface area contributed by atoms with Gasteiger partial charge in [0, 0.05) is 29.7 Å². The van der Waals surface area contributed by atoms with Crippen LogP contribution in [0, 0.1) is 0 Å². The number of carbonyl (C=O) groups is 1. The quantitative estimate of drug-likeness (QED) is 0.382. The third-order valence-corrected chi connectivity index (χ3v) is 6.17. The number of hydrogen-bond donors (Lipinski definition) is 1. The van der Waals surface area contributed by atoms with E-state index in [2.05, 4.69) is 9.97 Å². The van der Waals surface area contributed by atoms with Gasteiger partial charge in [-0.05, 0) is 29.8 Å². The van der Waals surface area contributed by atoms with Crippen LogP contribution in [0.2, 0.25) is 0 Å². The minimum atomic E-state index is -2.96. The van der Waals surface area contributed by atoms with Crippen molar-refractivity contribution in [1.29, 1.82) is 0 Å². The molecule has 1 amide bonds. The summed E-state index contributed by atoms with van der Waals surface area (Å²) in [4.78, 5) is 22.5. The maximum absolute atomic E-state index is 13.0.